The van der Waals surface area contributed by atoms with Crippen LogP contribution in [0.15, 0.2) is 48.9 Å². The highest BCUT2D eigenvalue weighted by atomic mass is 16.2. The first kappa shape index (κ1) is 17.3. The highest BCUT2D eigenvalue weighted by Gasteiger charge is 2.25. The number of nitrogens with one attached hydrogen (secondary N) is 2. The highest BCUT2D eigenvalue weighted by Crippen LogP contribution is 2.26. The van der Waals surface area contributed by atoms with E-state index >= 15 is 0 Å². The molecule has 1 aliphatic heterocycles. The second-order valence-electron chi connectivity index (χ2n) is 6.60. The van der Waals surface area contributed by atoms with Crippen LogP contribution in [-0.2, 0) is 11.3 Å². The molecule has 0 bridgehead atoms. The van der Waals surface area contributed by atoms with Crippen LogP contribution in [0.5, 0.6) is 0 Å². The van der Waals surface area contributed by atoms with Gasteiger partial charge in [-0.25, -0.2) is 9.97 Å². The van der Waals surface area contributed by atoms with Gasteiger partial charge in [0.1, 0.15) is 11.5 Å². The van der Waals surface area contributed by atoms with Crippen molar-refractivity contribution in [1.29, 1.82) is 0 Å². The third-order valence-electron chi connectivity index (χ3n) is 4.69. The van der Waals surface area contributed by atoms with Crippen molar-refractivity contribution in [1.82, 2.24) is 35.4 Å². The van der Waals surface area contributed by atoms with E-state index in [1.54, 1.807) is 18.6 Å². The molecule has 138 valence electrons. The van der Waals surface area contributed by atoms with Crippen LogP contribution in [0.1, 0.15) is 23.7 Å². The third kappa shape index (κ3) is 4.35. The minimum atomic E-state index is -0.0128. The number of H-pyrrole nitrogens is 1. The van der Waals surface area contributed by atoms with Crippen molar-refractivity contribution in [2.75, 3.05) is 19.6 Å². The van der Waals surface area contributed by atoms with Crippen molar-refractivity contribution in [3.05, 3.63) is 60.3 Å². The molecule has 8 nitrogen and oxygen atoms in total. The quantitative estimate of drug-likeness (QED) is 0.686. The lowest BCUT2D eigenvalue weighted by molar-refractivity contribution is -0.122. The highest BCUT2D eigenvalue weighted by molar-refractivity contribution is 5.78. The molecule has 4 rings (SSSR count). The molecule has 0 saturated carbocycles. The third-order valence-corrected chi connectivity index (χ3v) is 4.69. The maximum Gasteiger partial charge on any atom is 0.234 e. The van der Waals surface area contributed by atoms with Crippen LogP contribution in [-0.4, -0.2) is 55.6 Å². The molecule has 27 heavy (non-hydrogen) atoms. The molecule has 3 aromatic rings. The van der Waals surface area contributed by atoms with Gasteiger partial charge in [0.05, 0.1) is 19.3 Å². The summed E-state index contributed by atoms with van der Waals surface area (Å²) in [5, 5.41) is 9.83. The van der Waals surface area contributed by atoms with Crippen molar-refractivity contribution in [3.8, 4) is 11.5 Å². The Morgan fingerprint density at radius 2 is 2.15 bits per heavy atom. The van der Waals surface area contributed by atoms with Crippen LogP contribution >= 0.6 is 0 Å². The summed E-state index contributed by atoms with van der Waals surface area (Å²) in [5.41, 5.74) is 1.94. The summed E-state index contributed by atoms with van der Waals surface area (Å²) in [6.07, 6.45) is 5.87. The normalized spacial score (nSPS) is 17.1. The van der Waals surface area contributed by atoms with Gasteiger partial charge in [-0.2, -0.15) is 5.10 Å². The smallest absolute Gasteiger partial charge is 0.234 e. The van der Waals surface area contributed by atoms with E-state index in [9.17, 15) is 4.79 Å². The Morgan fingerprint density at radius 1 is 1.26 bits per heavy atom. The van der Waals surface area contributed by atoms with E-state index in [4.69, 9.17) is 0 Å². The van der Waals surface area contributed by atoms with E-state index in [0.29, 0.717) is 36.4 Å². The molecule has 0 aliphatic carbocycles. The van der Waals surface area contributed by atoms with Gasteiger partial charge in [-0.1, -0.05) is 30.3 Å². The Morgan fingerprint density at radius 3 is 2.96 bits per heavy atom. The molecule has 1 amide bonds. The number of benzene rings is 1. The lowest BCUT2D eigenvalue weighted by atomic mass is 9.99. The van der Waals surface area contributed by atoms with Crippen LogP contribution in [0, 0.1) is 0 Å². The van der Waals surface area contributed by atoms with Crippen LogP contribution in [0.2, 0.25) is 0 Å². The van der Waals surface area contributed by atoms with E-state index in [-0.39, 0.29) is 5.91 Å². The fraction of sp³-hybridized carbons (Fsp3) is 0.316. The lowest BCUT2D eigenvalue weighted by Crippen LogP contribution is -2.35. The number of carbonyl (C=O) groups excluding carboxylic acids is 1. The molecule has 2 aromatic heterocycles. The van der Waals surface area contributed by atoms with Gasteiger partial charge in [0.2, 0.25) is 11.7 Å². The molecule has 0 radical (unpaired) electrons. The maximum atomic E-state index is 12.3. The molecule has 1 saturated heterocycles. The molecule has 1 fully saturated rings. The average molecular weight is 363 g/mol. The molecule has 1 atom stereocenters. The minimum Gasteiger partial charge on any atom is -0.348 e. The second-order valence-corrected chi connectivity index (χ2v) is 6.60. The van der Waals surface area contributed by atoms with Crippen molar-refractivity contribution in [3.63, 3.8) is 0 Å². The molecular weight excluding hydrogens is 342 g/mol. The molecule has 3 heterocycles. The largest absolute Gasteiger partial charge is 0.348 e. The van der Waals surface area contributed by atoms with Gasteiger partial charge in [0.15, 0.2) is 0 Å². The van der Waals surface area contributed by atoms with Crippen LogP contribution in [0.3, 0.4) is 0 Å². The Balaban J connectivity index is 1.25. The number of carbonyl (C=O) groups is 1. The Kier molecular flexibility index (Phi) is 5.15. The zero-order valence-corrected chi connectivity index (χ0v) is 14.9. The van der Waals surface area contributed by atoms with E-state index < -0.39 is 0 Å². The van der Waals surface area contributed by atoms with Crippen molar-refractivity contribution in [2.45, 2.75) is 18.9 Å². The van der Waals surface area contributed by atoms with Crippen LogP contribution in [0.25, 0.3) is 11.5 Å². The van der Waals surface area contributed by atoms with E-state index in [1.807, 2.05) is 6.07 Å². The van der Waals surface area contributed by atoms with Crippen molar-refractivity contribution in [2.24, 2.45) is 0 Å². The summed E-state index contributed by atoms with van der Waals surface area (Å²) in [7, 11) is 0. The number of aromatic nitrogens is 5. The van der Waals surface area contributed by atoms with Crippen LogP contribution < -0.4 is 5.32 Å². The van der Waals surface area contributed by atoms with Crippen molar-refractivity contribution < 1.29 is 4.79 Å². The maximum absolute atomic E-state index is 12.3. The van der Waals surface area contributed by atoms with Gasteiger partial charge >= 0.3 is 0 Å². The topological polar surface area (TPSA) is 99.7 Å². The first-order valence-corrected chi connectivity index (χ1v) is 8.99. The van der Waals surface area contributed by atoms with Gasteiger partial charge in [-0.3, -0.25) is 19.8 Å². The fourth-order valence-corrected chi connectivity index (χ4v) is 3.32. The predicted octanol–water partition coefficient (Wildman–Crippen LogP) is 1.37. The lowest BCUT2D eigenvalue weighted by Gasteiger charge is -2.15. The molecule has 8 heteroatoms. The molecular formula is C19H21N7O. The number of aromatic amines is 1. The SMILES string of the molecule is O=C(CN1CC[C@H](c2ccccc2)C1)NCc1nc(-c2cnccn2)n[nH]1. The van der Waals surface area contributed by atoms with Gasteiger partial charge in [-0.15, -0.1) is 0 Å². The molecule has 0 unspecified atom stereocenters. The number of likely N-dealkylation sites (tertiary alicyclic amines) is 1. The molecule has 1 aliphatic rings. The standard InChI is InChI=1S/C19H21N7O/c27-18(13-26-9-6-15(12-26)14-4-2-1-3-5-14)22-11-17-23-19(25-24-17)16-10-20-7-8-21-16/h1-5,7-8,10,15H,6,9,11-13H2,(H,22,27)(H,23,24,25)/t15-/m0/s1. The van der Waals surface area contributed by atoms with Crippen molar-refractivity contribution >= 4 is 5.91 Å². The summed E-state index contributed by atoms with van der Waals surface area (Å²) in [5.74, 6) is 1.55. The second kappa shape index (κ2) is 8.05. The first-order valence-electron chi connectivity index (χ1n) is 8.99. The Hall–Kier alpha value is -3.13. The van der Waals surface area contributed by atoms with Crippen LogP contribution in [0.4, 0.5) is 0 Å². The molecule has 1 aromatic carbocycles. The average Bonchev–Trinajstić information content (AvgIpc) is 3.37. The van der Waals surface area contributed by atoms with E-state index in [0.717, 1.165) is 19.5 Å². The zero-order valence-electron chi connectivity index (χ0n) is 14.9. The van der Waals surface area contributed by atoms with Gasteiger partial charge in [0.25, 0.3) is 0 Å². The summed E-state index contributed by atoms with van der Waals surface area (Å²) in [6, 6.07) is 10.5. The number of amides is 1. The monoisotopic (exact) mass is 363 g/mol. The van der Waals surface area contributed by atoms with E-state index in [2.05, 4.69) is 59.6 Å². The summed E-state index contributed by atoms with van der Waals surface area (Å²) in [6.45, 7) is 2.55. The Labute approximate surface area is 157 Å². The molecule has 0 spiro atoms. The summed E-state index contributed by atoms with van der Waals surface area (Å²) < 4.78 is 0. The molecule has 2 N–H and O–H groups in total. The minimum absolute atomic E-state index is 0.0128. The summed E-state index contributed by atoms with van der Waals surface area (Å²) >= 11 is 0. The number of rotatable bonds is 6. The Bertz CT molecular complexity index is 881. The first-order chi connectivity index (χ1) is 13.3. The fourth-order valence-electron chi connectivity index (χ4n) is 3.32. The van der Waals surface area contributed by atoms with Gasteiger partial charge in [-0.05, 0) is 24.4 Å². The summed E-state index contributed by atoms with van der Waals surface area (Å²) in [4.78, 5) is 26.9. The van der Waals surface area contributed by atoms with Gasteiger partial charge < -0.3 is 5.32 Å². The predicted molar refractivity (Wildman–Crippen MR) is 99.5 cm³/mol. The number of nitrogens with zero attached hydrogens (tertiary/aromatic N) is 5. The zero-order chi connectivity index (χ0) is 18.5. The number of hydrogen-bond donors (Lipinski definition) is 2. The number of hydrogen-bond acceptors (Lipinski definition) is 6. The van der Waals surface area contributed by atoms with Gasteiger partial charge in [0, 0.05) is 18.9 Å². The van der Waals surface area contributed by atoms with E-state index in [1.165, 1.54) is 5.56 Å².